The van der Waals surface area contributed by atoms with Crippen LogP contribution in [0.5, 0.6) is 0 Å². The number of nitrogens with zero attached hydrogens (tertiary/aromatic N) is 1. The van der Waals surface area contributed by atoms with Gasteiger partial charge in [0.15, 0.2) is 0 Å². The van der Waals surface area contributed by atoms with Gasteiger partial charge in [-0.1, -0.05) is 11.6 Å². The fourth-order valence-corrected chi connectivity index (χ4v) is 2.32. The normalized spacial score (nSPS) is 10.4. The van der Waals surface area contributed by atoms with Gasteiger partial charge in [0.25, 0.3) is 0 Å². The van der Waals surface area contributed by atoms with Crippen molar-refractivity contribution < 1.29 is 0 Å². The number of nitrogen functional groups attached to an aromatic ring is 1. The summed E-state index contributed by atoms with van der Waals surface area (Å²) in [5.41, 5.74) is 9.22. The van der Waals surface area contributed by atoms with Crippen LogP contribution in [0, 0.1) is 13.8 Å². The van der Waals surface area contributed by atoms with Crippen molar-refractivity contribution in [2.75, 3.05) is 11.1 Å². The summed E-state index contributed by atoms with van der Waals surface area (Å²) in [6.45, 7) is 3.92. The van der Waals surface area contributed by atoms with Crippen LogP contribution in [-0.4, -0.2) is 4.98 Å². The number of aromatic nitrogens is 1. The van der Waals surface area contributed by atoms with E-state index >= 15 is 0 Å². The van der Waals surface area contributed by atoms with E-state index in [2.05, 4.69) is 26.2 Å². The van der Waals surface area contributed by atoms with E-state index in [-0.39, 0.29) is 0 Å². The minimum absolute atomic E-state index is 0.652. The average molecular weight is 327 g/mol. The number of anilines is 3. The molecule has 0 radical (unpaired) electrons. The first kappa shape index (κ1) is 13.2. The SMILES string of the molecule is Cc1cc(Br)c(Nc2ncc(N)cc2C)cc1Cl. The van der Waals surface area contributed by atoms with Crippen LogP contribution in [0.25, 0.3) is 0 Å². The van der Waals surface area contributed by atoms with Crippen molar-refractivity contribution in [2.45, 2.75) is 13.8 Å². The second-order valence-corrected chi connectivity index (χ2v) is 5.40. The molecule has 0 amide bonds. The number of nitrogens with two attached hydrogens (primary N) is 1. The lowest BCUT2D eigenvalue weighted by molar-refractivity contribution is 1.25. The molecule has 1 aromatic carbocycles. The Kier molecular flexibility index (Phi) is 3.78. The van der Waals surface area contributed by atoms with E-state index in [1.807, 2.05) is 32.0 Å². The zero-order chi connectivity index (χ0) is 13.3. The van der Waals surface area contributed by atoms with Crippen molar-refractivity contribution in [3.63, 3.8) is 0 Å². The first-order valence-electron chi connectivity index (χ1n) is 5.42. The lowest BCUT2D eigenvalue weighted by Crippen LogP contribution is -1.99. The Labute approximate surface area is 119 Å². The van der Waals surface area contributed by atoms with Gasteiger partial charge in [-0.3, -0.25) is 0 Å². The first-order valence-corrected chi connectivity index (χ1v) is 6.59. The highest BCUT2D eigenvalue weighted by atomic mass is 79.9. The Morgan fingerprint density at radius 3 is 2.61 bits per heavy atom. The fraction of sp³-hybridized carbons (Fsp3) is 0.154. The number of hydrogen-bond donors (Lipinski definition) is 2. The van der Waals surface area contributed by atoms with Crippen LogP contribution >= 0.6 is 27.5 Å². The van der Waals surface area contributed by atoms with Crippen molar-refractivity contribution in [3.05, 3.63) is 45.0 Å². The van der Waals surface area contributed by atoms with Gasteiger partial charge in [0.1, 0.15) is 5.82 Å². The van der Waals surface area contributed by atoms with E-state index in [9.17, 15) is 0 Å². The zero-order valence-electron chi connectivity index (χ0n) is 10.1. The number of benzene rings is 1. The minimum Gasteiger partial charge on any atom is -0.397 e. The third-order valence-corrected chi connectivity index (χ3v) is 3.66. The Bertz CT molecular complexity index is 599. The number of halogens is 2. The molecule has 0 fully saturated rings. The highest BCUT2D eigenvalue weighted by Gasteiger charge is 2.07. The Morgan fingerprint density at radius 1 is 1.22 bits per heavy atom. The number of hydrogen-bond acceptors (Lipinski definition) is 3. The van der Waals surface area contributed by atoms with Gasteiger partial charge in [0.05, 0.1) is 17.6 Å². The van der Waals surface area contributed by atoms with Crippen LogP contribution in [0.3, 0.4) is 0 Å². The van der Waals surface area contributed by atoms with Gasteiger partial charge in [-0.05, 0) is 59.1 Å². The molecular weight excluding hydrogens is 314 g/mol. The van der Waals surface area contributed by atoms with Gasteiger partial charge >= 0.3 is 0 Å². The Balaban J connectivity index is 2.37. The van der Waals surface area contributed by atoms with E-state index in [0.717, 1.165) is 27.1 Å². The molecule has 0 saturated carbocycles. The van der Waals surface area contributed by atoms with Crippen molar-refractivity contribution in [3.8, 4) is 0 Å². The molecule has 94 valence electrons. The largest absolute Gasteiger partial charge is 0.397 e. The maximum Gasteiger partial charge on any atom is 0.133 e. The van der Waals surface area contributed by atoms with Crippen LogP contribution < -0.4 is 11.1 Å². The summed E-state index contributed by atoms with van der Waals surface area (Å²) < 4.78 is 0.947. The van der Waals surface area contributed by atoms with Gasteiger partial charge in [-0.2, -0.15) is 0 Å². The molecule has 1 aromatic heterocycles. The summed E-state index contributed by atoms with van der Waals surface area (Å²) in [6, 6.07) is 5.72. The maximum atomic E-state index is 6.12. The highest BCUT2D eigenvalue weighted by Crippen LogP contribution is 2.31. The molecule has 2 rings (SSSR count). The standard InChI is InChI=1S/C13H13BrClN3/c1-7-4-10(14)12(5-11(7)15)18-13-8(2)3-9(16)6-17-13/h3-6H,16H2,1-2H3,(H,17,18). The fourth-order valence-electron chi connectivity index (χ4n) is 1.60. The molecule has 0 atom stereocenters. The molecule has 1 heterocycles. The van der Waals surface area contributed by atoms with Gasteiger partial charge in [-0.25, -0.2) is 4.98 Å². The first-order chi connectivity index (χ1) is 8.47. The molecule has 0 saturated heterocycles. The summed E-state index contributed by atoms with van der Waals surface area (Å²) >= 11 is 9.62. The molecule has 0 unspecified atom stereocenters. The van der Waals surface area contributed by atoms with E-state index in [1.165, 1.54) is 0 Å². The predicted molar refractivity (Wildman–Crippen MR) is 80.6 cm³/mol. The van der Waals surface area contributed by atoms with E-state index < -0.39 is 0 Å². The van der Waals surface area contributed by atoms with Crippen LogP contribution in [0.15, 0.2) is 28.9 Å². The summed E-state index contributed by atoms with van der Waals surface area (Å²) in [5.74, 6) is 0.768. The van der Waals surface area contributed by atoms with Crippen molar-refractivity contribution in [2.24, 2.45) is 0 Å². The minimum atomic E-state index is 0.652. The summed E-state index contributed by atoms with van der Waals surface area (Å²) in [4.78, 5) is 4.27. The van der Waals surface area contributed by atoms with E-state index in [1.54, 1.807) is 6.20 Å². The van der Waals surface area contributed by atoms with Gasteiger partial charge in [-0.15, -0.1) is 0 Å². The molecule has 0 spiro atoms. The highest BCUT2D eigenvalue weighted by molar-refractivity contribution is 9.10. The predicted octanol–water partition coefficient (Wildman–Crippen LogP) is 4.44. The Morgan fingerprint density at radius 2 is 1.94 bits per heavy atom. The molecular formula is C13H13BrClN3. The molecule has 0 aliphatic rings. The average Bonchev–Trinajstić information content (AvgIpc) is 2.29. The third kappa shape index (κ3) is 2.76. The van der Waals surface area contributed by atoms with Crippen LogP contribution in [-0.2, 0) is 0 Å². The summed E-state index contributed by atoms with van der Waals surface area (Å²) in [6.07, 6.45) is 1.62. The second-order valence-electron chi connectivity index (χ2n) is 4.14. The van der Waals surface area contributed by atoms with Crippen molar-refractivity contribution >= 4 is 44.7 Å². The van der Waals surface area contributed by atoms with Crippen molar-refractivity contribution in [1.29, 1.82) is 0 Å². The monoisotopic (exact) mass is 325 g/mol. The number of nitrogens with one attached hydrogen (secondary N) is 1. The molecule has 0 aliphatic heterocycles. The maximum absolute atomic E-state index is 6.12. The van der Waals surface area contributed by atoms with Gasteiger partial charge in [0, 0.05) is 9.50 Å². The lowest BCUT2D eigenvalue weighted by atomic mass is 10.2. The van der Waals surface area contributed by atoms with Gasteiger partial charge < -0.3 is 11.1 Å². The quantitative estimate of drug-likeness (QED) is 0.857. The Hall–Kier alpha value is -1.26. The molecule has 2 aromatic rings. The number of rotatable bonds is 2. The van der Waals surface area contributed by atoms with Crippen LogP contribution in [0.2, 0.25) is 5.02 Å². The van der Waals surface area contributed by atoms with E-state index in [0.29, 0.717) is 10.7 Å². The second kappa shape index (κ2) is 5.16. The van der Waals surface area contributed by atoms with Crippen LogP contribution in [0.4, 0.5) is 17.2 Å². The van der Waals surface area contributed by atoms with Crippen molar-refractivity contribution in [1.82, 2.24) is 4.98 Å². The lowest BCUT2D eigenvalue weighted by Gasteiger charge is -2.12. The molecule has 18 heavy (non-hydrogen) atoms. The number of aryl methyl sites for hydroxylation is 2. The molecule has 0 bridgehead atoms. The van der Waals surface area contributed by atoms with E-state index in [4.69, 9.17) is 17.3 Å². The molecule has 3 nitrogen and oxygen atoms in total. The molecule has 5 heteroatoms. The van der Waals surface area contributed by atoms with Gasteiger partial charge in [0.2, 0.25) is 0 Å². The van der Waals surface area contributed by atoms with Crippen LogP contribution in [0.1, 0.15) is 11.1 Å². The molecule has 3 N–H and O–H groups in total. The topological polar surface area (TPSA) is 50.9 Å². The molecule has 0 aliphatic carbocycles. The summed E-state index contributed by atoms with van der Waals surface area (Å²) in [7, 11) is 0. The number of pyridine rings is 1. The smallest absolute Gasteiger partial charge is 0.133 e. The zero-order valence-corrected chi connectivity index (χ0v) is 12.4. The third-order valence-electron chi connectivity index (χ3n) is 2.60. The summed E-state index contributed by atoms with van der Waals surface area (Å²) in [5, 5.41) is 3.95.